The molecule has 0 atom stereocenters. The van der Waals surface area contributed by atoms with Crippen LogP contribution < -0.4 is 10.1 Å². The van der Waals surface area contributed by atoms with E-state index in [2.05, 4.69) is 26.3 Å². The molecule has 0 aliphatic heterocycles. The highest BCUT2D eigenvalue weighted by molar-refractivity contribution is 9.10. The SMILES string of the molecule is Cc1cc(NC(=O)c2cn(Cc3ccccc3)nc2OCc2ccccc2)ccc1Br. The molecule has 0 aliphatic carbocycles. The van der Waals surface area contributed by atoms with Gasteiger partial charge in [-0.15, -0.1) is 5.10 Å². The minimum Gasteiger partial charge on any atom is -0.471 e. The molecule has 0 radical (unpaired) electrons. The zero-order chi connectivity index (χ0) is 21.6. The summed E-state index contributed by atoms with van der Waals surface area (Å²) < 4.78 is 8.67. The summed E-state index contributed by atoms with van der Waals surface area (Å²) in [4.78, 5) is 13.1. The Labute approximate surface area is 189 Å². The van der Waals surface area contributed by atoms with Crippen molar-refractivity contribution in [3.8, 4) is 5.88 Å². The minimum atomic E-state index is -0.260. The molecule has 156 valence electrons. The number of hydrogen-bond donors (Lipinski definition) is 1. The molecule has 0 unspecified atom stereocenters. The van der Waals surface area contributed by atoms with E-state index in [0.29, 0.717) is 24.6 Å². The molecular weight excluding hydrogens is 454 g/mol. The fourth-order valence-electron chi connectivity index (χ4n) is 3.16. The van der Waals surface area contributed by atoms with Gasteiger partial charge >= 0.3 is 0 Å². The molecule has 1 heterocycles. The summed E-state index contributed by atoms with van der Waals surface area (Å²) >= 11 is 3.48. The predicted molar refractivity (Wildman–Crippen MR) is 125 cm³/mol. The van der Waals surface area contributed by atoms with Gasteiger partial charge < -0.3 is 10.1 Å². The number of amides is 1. The van der Waals surface area contributed by atoms with E-state index in [-0.39, 0.29) is 5.91 Å². The van der Waals surface area contributed by atoms with Crippen LogP contribution in [0.2, 0.25) is 0 Å². The molecule has 0 spiro atoms. The smallest absolute Gasteiger partial charge is 0.262 e. The van der Waals surface area contributed by atoms with E-state index in [0.717, 1.165) is 26.9 Å². The molecule has 5 nitrogen and oxygen atoms in total. The number of ether oxygens (including phenoxy) is 1. The van der Waals surface area contributed by atoms with Crippen molar-refractivity contribution in [3.63, 3.8) is 0 Å². The molecule has 0 fully saturated rings. The Morgan fingerprint density at radius 1 is 1.00 bits per heavy atom. The summed E-state index contributed by atoms with van der Waals surface area (Å²) in [6.07, 6.45) is 1.73. The Hall–Kier alpha value is -3.38. The monoisotopic (exact) mass is 475 g/mol. The van der Waals surface area contributed by atoms with E-state index < -0.39 is 0 Å². The molecule has 1 aromatic heterocycles. The molecule has 0 aliphatic rings. The number of hydrogen-bond acceptors (Lipinski definition) is 3. The van der Waals surface area contributed by atoms with Gasteiger partial charge in [0.05, 0.1) is 6.54 Å². The number of carbonyl (C=O) groups excluding carboxylic acids is 1. The Bertz CT molecular complexity index is 1170. The predicted octanol–water partition coefficient (Wildman–Crippen LogP) is 5.83. The largest absolute Gasteiger partial charge is 0.471 e. The van der Waals surface area contributed by atoms with Crippen LogP contribution >= 0.6 is 15.9 Å². The zero-order valence-electron chi connectivity index (χ0n) is 17.1. The van der Waals surface area contributed by atoms with Crippen molar-refractivity contribution < 1.29 is 9.53 Å². The number of nitrogens with one attached hydrogen (secondary N) is 1. The van der Waals surface area contributed by atoms with Crippen molar-refractivity contribution in [1.29, 1.82) is 0 Å². The first-order valence-corrected chi connectivity index (χ1v) is 10.7. The van der Waals surface area contributed by atoms with Crippen molar-refractivity contribution in [2.75, 3.05) is 5.32 Å². The van der Waals surface area contributed by atoms with Gasteiger partial charge in [0.15, 0.2) is 0 Å². The summed E-state index contributed by atoms with van der Waals surface area (Å²) in [6, 6.07) is 25.5. The first kappa shape index (κ1) is 20.9. The molecule has 4 rings (SSSR count). The van der Waals surface area contributed by atoms with Crippen LogP contribution in [0.1, 0.15) is 27.0 Å². The fraction of sp³-hybridized carbons (Fsp3) is 0.120. The third-order valence-corrected chi connectivity index (χ3v) is 5.68. The van der Waals surface area contributed by atoms with Crippen molar-refractivity contribution in [2.45, 2.75) is 20.1 Å². The van der Waals surface area contributed by atoms with Crippen LogP contribution in [-0.2, 0) is 13.2 Å². The number of carbonyl (C=O) groups is 1. The van der Waals surface area contributed by atoms with Gasteiger partial charge in [0.1, 0.15) is 12.2 Å². The molecular formula is C25H22BrN3O2. The van der Waals surface area contributed by atoms with Crippen molar-refractivity contribution in [1.82, 2.24) is 9.78 Å². The van der Waals surface area contributed by atoms with Crippen molar-refractivity contribution >= 4 is 27.5 Å². The highest BCUT2D eigenvalue weighted by Gasteiger charge is 2.19. The van der Waals surface area contributed by atoms with Crippen LogP contribution in [0.4, 0.5) is 5.69 Å². The van der Waals surface area contributed by atoms with E-state index >= 15 is 0 Å². The molecule has 4 aromatic rings. The summed E-state index contributed by atoms with van der Waals surface area (Å²) in [5, 5.41) is 7.49. The topological polar surface area (TPSA) is 56.2 Å². The Balaban J connectivity index is 1.58. The average molecular weight is 476 g/mol. The van der Waals surface area contributed by atoms with Gasteiger partial charge in [-0.25, -0.2) is 0 Å². The second kappa shape index (κ2) is 9.62. The number of nitrogens with zero attached hydrogens (tertiary/aromatic N) is 2. The van der Waals surface area contributed by atoms with Crippen LogP contribution in [0.3, 0.4) is 0 Å². The standard InChI is InChI=1S/C25H22BrN3O2/c1-18-14-21(12-13-23(18)26)27-24(30)22-16-29(15-19-8-4-2-5-9-19)28-25(22)31-17-20-10-6-3-7-11-20/h2-14,16H,15,17H2,1H3,(H,27,30). The van der Waals surface area contributed by atoms with Crippen LogP contribution in [0, 0.1) is 6.92 Å². The van der Waals surface area contributed by atoms with Gasteiger partial charge in [0.25, 0.3) is 5.91 Å². The Morgan fingerprint density at radius 3 is 2.35 bits per heavy atom. The van der Waals surface area contributed by atoms with Crippen LogP contribution in [0.5, 0.6) is 5.88 Å². The van der Waals surface area contributed by atoms with Crippen LogP contribution in [0.25, 0.3) is 0 Å². The second-order valence-corrected chi connectivity index (χ2v) is 8.08. The maximum absolute atomic E-state index is 13.1. The lowest BCUT2D eigenvalue weighted by atomic mass is 10.2. The molecule has 6 heteroatoms. The van der Waals surface area contributed by atoms with Crippen LogP contribution in [-0.4, -0.2) is 15.7 Å². The zero-order valence-corrected chi connectivity index (χ0v) is 18.7. The molecule has 1 N–H and O–H groups in total. The molecule has 0 saturated heterocycles. The lowest BCUT2D eigenvalue weighted by molar-refractivity contribution is 0.102. The van der Waals surface area contributed by atoms with Crippen molar-refractivity contribution in [2.24, 2.45) is 0 Å². The van der Waals surface area contributed by atoms with Gasteiger partial charge in [-0.2, -0.15) is 0 Å². The van der Waals surface area contributed by atoms with Gasteiger partial charge in [0, 0.05) is 16.4 Å². The van der Waals surface area contributed by atoms with E-state index in [1.54, 1.807) is 10.9 Å². The molecule has 0 saturated carbocycles. The molecule has 0 bridgehead atoms. The Morgan fingerprint density at radius 2 is 1.68 bits per heavy atom. The number of anilines is 1. The van der Waals surface area contributed by atoms with Crippen molar-refractivity contribution in [3.05, 3.63) is 112 Å². The maximum Gasteiger partial charge on any atom is 0.262 e. The third kappa shape index (κ3) is 5.41. The highest BCUT2D eigenvalue weighted by Crippen LogP contribution is 2.23. The van der Waals surface area contributed by atoms with Crippen LogP contribution in [0.15, 0.2) is 89.5 Å². The highest BCUT2D eigenvalue weighted by atomic mass is 79.9. The normalized spacial score (nSPS) is 10.6. The lowest BCUT2D eigenvalue weighted by Crippen LogP contribution is -2.13. The van der Waals surface area contributed by atoms with E-state index in [9.17, 15) is 4.79 Å². The minimum absolute atomic E-state index is 0.260. The van der Waals surface area contributed by atoms with E-state index in [1.807, 2.05) is 85.8 Å². The van der Waals surface area contributed by atoms with Gasteiger partial charge in [-0.05, 0) is 41.8 Å². The molecule has 3 aromatic carbocycles. The summed E-state index contributed by atoms with van der Waals surface area (Å²) in [5.74, 6) is 0.0511. The van der Waals surface area contributed by atoms with Gasteiger partial charge in [-0.1, -0.05) is 76.6 Å². The second-order valence-electron chi connectivity index (χ2n) is 7.22. The van der Waals surface area contributed by atoms with E-state index in [4.69, 9.17) is 4.74 Å². The third-order valence-electron chi connectivity index (χ3n) is 4.79. The lowest BCUT2D eigenvalue weighted by Gasteiger charge is -2.08. The number of halogens is 1. The number of aromatic nitrogens is 2. The summed E-state index contributed by atoms with van der Waals surface area (Å²) in [6.45, 7) is 2.86. The number of rotatable bonds is 7. The Kier molecular flexibility index (Phi) is 6.48. The van der Waals surface area contributed by atoms with E-state index in [1.165, 1.54) is 0 Å². The molecule has 1 amide bonds. The average Bonchev–Trinajstić information content (AvgIpc) is 3.19. The molecule has 31 heavy (non-hydrogen) atoms. The fourth-order valence-corrected chi connectivity index (χ4v) is 3.41. The number of aryl methyl sites for hydroxylation is 1. The summed E-state index contributed by atoms with van der Waals surface area (Å²) in [7, 11) is 0. The number of benzene rings is 3. The maximum atomic E-state index is 13.1. The summed E-state index contributed by atoms with van der Waals surface area (Å²) in [5.41, 5.74) is 4.26. The first-order chi connectivity index (χ1) is 15.1. The first-order valence-electron chi connectivity index (χ1n) is 9.94. The van der Waals surface area contributed by atoms with Gasteiger partial charge in [-0.3, -0.25) is 9.48 Å². The quantitative estimate of drug-likeness (QED) is 0.365. The van der Waals surface area contributed by atoms with Gasteiger partial charge in [0.2, 0.25) is 5.88 Å².